The van der Waals surface area contributed by atoms with Crippen LogP contribution >= 0.6 is 0 Å². The Morgan fingerprint density at radius 2 is 2.00 bits per heavy atom. The molecule has 0 aliphatic heterocycles. The zero-order chi connectivity index (χ0) is 11.7. The van der Waals surface area contributed by atoms with E-state index in [4.69, 9.17) is 4.74 Å². The van der Waals surface area contributed by atoms with Crippen LogP contribution in [0, 0.1) is 5.92 Å². The molecule has 0 spiro atoms. The molecular weight excluding hydrogens is 192 g/mol. The average Bonchev–Trinajstić information content (AvgIpc) is 2.20. The van der Waals surface area contributed by atoms with Gasteiger partial charge in [0.15, 0.2) is 0 Å². The molecule has 0 saturated heterocycles. The minimum Gasteiger partial charge on any atom is -0.384 e. The van der Waals surface area contributed by atoms with E-state index in [0.717, 1.165) is 26.2 Å². The van der Waals surface area contributed by atoms with Gasteiger partial charge in [0.25, 0.3) is 0 Å². The van der Waals surface area contributed by atoms with Crippen LogP contribution in [0.1, 0.15) is 20.8 Å². The van der Waals surface area contributed by atoms with Gasteiger partial charge in [0.2, 0.25) is 5.91 Å². The van der Waals surface area contributed by atoms with Crippen LogP contribution in [0.25, 0.3) is 0 Å². The van der Waals surface area contributed by atoms with Crippen LogP contribution in [0.15, 0.2) is 0 Å². The van der Waals surface area contributed by atoms with Crippen molar-refractivity contribution in [3.8, 4) is 0 Å². The van der Waals surface area contributed by atoms with E-state index < -0.39 is 0 Å². The Bertz CT molecular complexity index is 170. The first-order chi connectivity index (χ1) is 7.15. The maximum Gasteiger partial charge on any atom is 0.236 e. The fourth-order valence-corrected chi connectivity index (χ4v) is 1.46. The molecule has 0 aliphatic rings. The van der Waals surface area contributed by atoms with Crippen LogP contribution in [-0.2, 0) is 9.53 Å². The molecule has 0 bridgehead atoms. The smallest absolute Gasteiger partial charge is 0.236 e. The van der Waals surface area contributed by atoms with E-state index in [-0.39, 0.29) is 5.91 Å². The fraction of sp³-hybridized carbons (Fsp3) is 0.909. The molecule has 0 heterocycles. The normalized spacial score (nSPS) is 12.5. The van der Waals surface area contributed by atoms with E-state index >= 15 is 0 Å². The summed E-state index contributed by atoms with van der Waals surface area (Å²) in [5.74, 6) is 0.615. The Morgan fingerprint density at radius 1 is 1.40 bits per heavy atom. The lowest BCUT2D eigenvalue weighted by molar-refractivity contribution is -0.129. The molecule has 0 radical (unpaired) electrons. The lowest BCUT2D eigenvalue weighted by atomic mass is 10.2. The fourth-order valence-electron chi connectivity index (χ4n) is 1.46. The summed E-state index contributed by atoms with van der Waals surface area (Å²) >= 11 is 0. The second-order valence-corrected chi connectivity index (χ2v) is 3.76. The largest absolute Gasteiger partial charge is 0.384 e. The third-order valence-corrected chi connectivity index (χ3v) is 2.34. The van der Waals surface area contributed by atoms with E-state index in [0.29, 0.717) is 12.5 Å². The van der Waals surface area contributed by atoms with Crippen molar-refractivity contribution in [2.24, 2.45) is 5.92 Å². The summed E-state index contributed by atoms with van der Waals surface area (Å²) < 4.78 is 5.02. The zero-order valence-corrected chi connectivity index (χ0v) is 10.4. The van der Waals surface area contributed by atoms with Crippen molar-refractivity contribution in [2.45, 2.75) is 20.8 Å². The Morgan fingerprint density at radius 3 is 2.47 bits per heavy atom. The van der Waals surface area contributed by atoms with Gasteiger partial charge in [-0.3, -0.25) is 4.79 Å². The predicted octanol–water partition coefficient (Wildman–Crippen LogP) is 0.727. The standard InChI is InChI=1S/C11H24N2O2/c1-5-13(6-2)11(14)8-12-7-10(3)9-15-4/h10,12H,5-9H2,1-4H3. The molecule has 0 rings (SSSR count). The summed E-state index contributed by atoms with van der Waals surface area (Å²) in [5, 5.41) is 3.15. The highest BCUT2D eigenvalue weighted by molar-refractivity contribution is 5.78. The highest BCUT2D eigenvalue weighted by Gasteiger charge is 2.09. The summed E-state index contributed by atoms with van der Waals surface area (Å²) in [7, 11) is 1.69. The topological polar surface area (TPSA) is 41.6 Å². The second-order valence-electron chi connectivity index (χ2n) is 3.76. The number of hydrogen-bond acceptors (Lipinski definition) is 3. The number of carbonyl (C=O) groups excluding carboxylic acids is 1. The van der Waals surface area contributed by atoms with Gasteiger partial charge in [-0.1, -0.05) is 6.92 Å². The Labute approximate surface area is 93.0 Å². The van der Waals surface area contributed by atoms with Gasteiger partial charge in [-0.05, 0) is 19.8 Å². The van der Waals surface area contributed by atoms with Gasteiger partial charge in [-0.2, -0.15) is 0 Å². The molecule has 15 heavy (non-hydrogen) atoms. The maximum atomic E-state index is 11.6. The first-order valence-corrected chi connectivity index (χ1v) is 5.63. The highest BCUT2D eigenvalue weighted by atomic mass is 16.5. The van der Waals surface area contributed by atoms with E-state index in [1.807, 2.05) is 18.7 Å². The summed E-state index contributed by atoms with van der Waals surface area (Å²) in [4.78, 5) is 13.4. The SMILES string of the molecule is CCN(CC)C(=O)CNCC(C)COC. The molecule has 0 fully saturated rings. The number of methoxy groups -OCH3 is 1. The number of carbonyl (C=O) groups is 1. The molecule has 1 atom stereocenters. The van der Waals surface area contributed by atoms with Gasteiger partial charge in [-0.25, -0.2) is 0 Å². The van der Waals surface area contributed by atoms with E-state index in [9.17, 15) is 4.79 Å². The number of hydrogen-bond donors (Lipinski definition) is 1. The Kier molecular flexibility index (Phi) is 8.33. The van der Waals surface area contributed by atoms with Crippen molar-refractivity contribution < 1.29 is 9.53 Å². The molecule has 0 aliphatic carbocycles. The summed E-state index contributed by atoms with van der Waals surface area (Å²) in [5.41, 5.74) is 0. The molecule has 1 unspecified atom stereocenters. The van der Waals surface area contributed by atoms with Crippen molar-refractivity contribution >= 4 is 5.91 Å². The van der Waals surface area contributed by atoms with Gasteiger partial charge in [0, 0.05) is 33.4 Å². The van der Waals surface area contributed by atoms with Gasteiger partial charge < -0.3 is 15.0 Å². The van der Waals surface area contributed by atoms with Crippen molar-refractivity contribution in [3.05, 3.63) is 0 Å². The minimum absolute atomic E-state index is 0.171. The summed E-state index contributed by atoms with van der Waals surface area (Å²) in [6, 6.07) is 0. The van der Waals surface area contributed by atoms with Gasteiger partial charge in [-0.15, -0.1) is 0 Å². The number of rotatable bonds is 8. The number of likely N-dealkylation sites (N-methyl/N-ethyl adjacent to an activating group) is 1. The minimum atomic E-state index is 0.171. The van der Waals surface area contributed by atoms with Crippen LogP contribution < -0.4 is 5.32 Å². The molecule has 1 N–H and O–H groups in total. The van der Waals surface area contributed by atoms with Crippen LogP contribution in [0.4, 0.5) is 0 Å². The van der Waals surface area contributed by atoms with Crippen LogP contribution in [-0.4, -0.2) is 50.7 Å². The zero-order valence-electron chi connectivity index (χ0n) is 10.4. The van der Waals surface area contributed by atoms with Crippen LogP contribution in [0.3, 0.4) is 0 Å². The first kappa shape index (κ1) is 14.4. The second kappa shape index (κ2) is 8.68. The monoisotopic (exact) mass is 216 g/mol. The molecule has 90 valence electrons. The van der Waals surface area contributed by atoms with Gasteiger partial charge >= 0.3 is 0 Å². The molecule has 4 nitrogen and oxygen atoms in total. The van der Waals surface area contributed by atoms with E-state index in [1.165, 1.54) is 0 Å². The maximum absolute atomic E-state index is 11.6. The molecule has 0 aromatic heterocycles. The number of amides is 1. The Hall–Kier alpha value is -0.610. The third kappa shape index (κ3) is 6.47. The lowest BCUT2D eigenvalue weighted by Gasteiger charge is -2.19. The number of ether oxygens (including phenoxy) is 1. The highest BCUT2D eigenvalue weighted by Crippen LogP contribution is 1.92. The van der Waals surface area contributed by atoms with Crippen molar-refractivity contribution in [1.29, 1.82) is 0 Å². The number of nitrogens with zero attached hydrogens (tertiary/aromatic N) is 1. The van der Waals surface area contributed by atoms with Gasteiger partial charge in [0.1, 0.15) is 0 Å². The Balaban J connectivity index is 3.62. The lowest BCUT2D eigenvalue weighted by Crippen LogP contribution is -2.39. The van der Waals surface area contributed by atoms with E-state index in [2.05, 4.69) is 12.2 Å². The number of nitrogens with one attached hydrogen (secondary N) is 1. The molecule has 4 heteroatoms. The van der Waals surface area contributed by atoms with E-state index in [1.54, 1.807) is 7.11 Å². The van der Waals surface area contributed by atoms with Crippen LogP contribution in [0.5, 0.6) is 0 Å². The quantitative estimate of drug-likeness (QED) is 0.650. The summed E-state index contributed by atoms with van der Waals surface area (Å²) in [6.45, 7) is 9.63. The van der Waals surface area contributed by atoms with Crippen molar-refractivity contribution in [1.82, 2.24) is 10.2 Å². The van der Waals surface area contributed by atoms with Gasteiger partial charge in [0.05, 0.1) is 6.54 Å². The summed E-state index contributed by atoms with van der Waals surface area (Å²) in [6.07, 6.45) is 0. The molecule has 0 saturated carbocycles. The average molecular weight is 216 g/mol. The molecule has 0 aromatic carbocycles. The molecular formula is C11H24N2O2. The van der Waals surface area contributed by atoms with Crippen molar-refractivity contribution in [3.63, 3.8) is 0 Å². The first-order valence-electron chi connectivity index (χ1n) is 5.63. The predicted molar refractivity (Wildman–Crippen MR) is 61.8 cm³/mol. The third-order valence-electron chi connectivity index (χ3n) is 2.34. The van der Waals surface area contributed by atoms with Crippen LogP contribution in [0.2, 0.25) is 0 Å². The molecule has 0 aromatic rings. The van der Waals surface area contributed by atoms with Crippen molar-refractivity contribution in [2.75, 3.05) is 39.9 Å². The molecule has 1 amide bonds.